The van der Waals surface area contributed by atoms with Gasteiger partial charge in [-0.1, -0.05) is 56.6 Å². The van der Waals surface area contributed by atoms with Gasteiger partial charge in [0.2, 0.25) is 0 Å². The first kappa shape index (κ1) is 18.7. The van der Waals surface area contributed by atoms with Crippen LogP contribution in [0, 0.1) is 5.41 Å². The SMILES string of the molecule is Cn1c2c(cc(C(=O)O)c1=O)[C@H](C(C)(C)C)Cc1c-2nc(Cl)c2ccccc12. The summed E-state index contributed by atoms with van der Waals surface area (Å²) in [4.78, 5) is 29.0. The number of hydrogen-bond acceptors (Lipinski definition) is 3. The van der Waals surface area contributed by atoms with Crippen molar-refractivity contribution in [3.63, 3.8) is 0 Å². The molecule has 5 nitrogen and oxygen atoms in total. The second kappa shape index (κ2) is 6.17. The predicted octanol–water partition coefficient (Wildman–Crippen LogP) is 4.64. The van der Waals surface area contributed by atoms with Crippen molar-refractivity contribution in [2.24, 2.45) is 12.5 Å². The maximum Gasteiger partial charge on any atom is 0.341 e. The highest BCUT2D eigenvalue weighted by Gasteiger charge is 2.37. The van der Waals surface area contributed by atoms with Crippen LogP contribution in [0.4, 0.5) is 0 Å². The topological polar surface area (TPSA) is 72.2 Å². The summed E-state index contributed by atoms with van der Waals surface area (Å²) >= 11 is 6.47. The Hall–Kier alpha value is -2.66. The molecule has 6 heteroatoms. The van der Waals surface area contributed by atoms with Gasteiger partial charge in [0.05, 0.1) is 11.4 Å². The van der Waals surface area contributed by atoms with E-state index in [9.17, 15) is 14.7 Å². The molecule has 0 radical (unpaired) electrons. The van der Waals surface area contributed by atoms with Crippen molar-refractivity contribution in [3.05, 3.63) is 62.5 Å². The number of rotatable bonds is 1. The van der Waals surface area contributed by atoms with Crippen LogP contribution in [0.3, 0.4) is 0 Å². The van der Waals surface area contributed by atoms with E-state index >= 15 is 0 Å². The van der Waals surface area contributed by atoms with Crippen LogP contribution < -0.4 is 5.56 Å². The minimum absolute atomic E-state index is 0.0336. The highest BCUT2D eigenvalue weighted by atomic mass is 35.5. The van der Waals surface area contributed by atoms with Crippen molar-refractivity contribution in [3.8, 4) is 11.4 Å². The Bertz CT molecular complexity index is 1210. The number of nitrogens with zero attached hydrogens (tertiary/aromatic N) is 2. The Balaban J connectivity index is 2.18. The summed E-state index contributed by atoms with van der Waals surface area (Å²) in [5, 5.41) is 11.8. The molecule has 3 aromatic rings. The maximum absolute atomic E-state index is 12.7. The second-order valence-electron chi connectivity index (χ2n) is 8.43. The van der Waals surface area contributed by atoms with Crippen LogP contribution in [0.2, 0.25) is 5.15 Å². The summed E-state index contributed by atoms with van der Waals surface area (Å²) in [7, 11) is 1.60. The Morgan fingerprint density at radius 3 is 2.50 bits per heavy atom. The molecule has 0 amide bonds. The summed E-state index contributed by atoms with van der Waals surface area (Å²) in [5.41, 5.74) is 2.30. The van der Waals surface area contributed by atoms with Crippen molar-refractivity contribution < 1.29 is 9.90 Å². The van der Waals surface area contributed by atoms with Gasteiger partial charge in [-0.15, -0.1) is 0 Å². The van der Waals surface area contributed by atoms with Crippen molar-refractivity contribution in [1.82, 2.24) is 9.55 Å². The molecule has 1 aliphatic carbocycles. The average Bonchev–Trinajstić information content (AvgIpc) is 2.63. The van der Waals surface area contributed by atoms with E-state index < -0.39 is 11.5 Å². The molecule has 0 saturated heterocycles. The maximum atomic E-state index is 12.7. The van der Waals surface area contributed by atoms with Crippen molar-refractivity contribution in [2.75, 3.05) is 0 Å². The quantitative estimate of drug-likeness (QED) is 0.608. The van der Waals surface area contributed by atoms with Crippen LogP contribution in [-0.4, -0.2) is 20.6 Å². The van der Waals surface area contributed by atoms with E-state index in [0.29, 0.717) is 23.0 Å². The fourth-order valence-corrected chi connectivity index (χ4v) is 4.49. The van der Waals surface area contributed by atoms with E-state index in [1.807, 2.05) is 24.3 Å². The lowest BCUT2D eigenvalue weighted by Gasteiger charge is -2.37. The van der Waals surface area contributed by atoms with E-state index in [-0.39, 0.29) is 16.9 Å². The molecule has 1 atom stereocenters. The smallest absolute Gasteiger partial charge is 0.341 e. The predicted molar refractivity (Wildman–Crippen MR) is 110 cm³/mol. The lowest BCUT2D eigenvalue weighted by Crippen LogP contribution is -2.33. The normalized spacial score (nSPS) is 16.0. The monoisotopic (exact) mass is 396 g/mol. The summed E-state index contributed by atoms with van der Waals surface area (Å²) in [6.45, 7) is 6.39. The summed E-state index contributed by atoms with van der Waals surface area (Å²) in [6, 6.07) is 9.39. The van der Waals surface area contributed by atoms with Crippen LogP contribution in [-0.2, 0) is 13.5 Å². The van der Waals surface area contributed by atoms with Crippen molar-refractivity contribution >= 4 is 28.3 Å². The number of aromatic carboxylic acids is 1. The van der Waals surface area contributed by atoms with E-state index in [1.165, 1.54) is 10.6 Å². The highest BCUT2D eigenvalue weighted by Crippen LogP contribution is 2.48. The van der Waals surface area contributed by atoms with E-state index in [4.69, 9.17) is 11.6 Å². The molecule has 28 heavy (non-hydrogen) atoms. The zero-order chi connectivity index (χ0) is 20.4. The molecular weight excluding hydrogens is 376 g/mol. The lowest BCUT2D eigenvalue weighted by atomic mass is 9.69. The molecule has 0 bridgehead atoms. The van der Waals surface area contributed by atoms with Gasteiger partial charge in [0.15, 0.2) is 0 Å². The first-order chi connectivity index (χ1) is 13.1. The minimum atomic E-state index is -1.22. The number of hydrogen-bond donors (Lipinski definition) is 1. The lowest BCUT2D eigenvalue weighted by molar-refractivity contribution is 0.0694. The number of carboxylic acid groups (broad SMARTS) is 1. The molecule has 0 unspecified atom stereocenters. The standard InChI is InChI=1S/C22H21ClN2O3/c1-22(2,3)16-10-13-11-7-5-6-8-12(11)19(23)24-17(13)18-14(16)9-15(21(27)28)20(26)25(18)4/h5-9,16H,10H2,1-4H3,(H,27,28)/t16-/m1/s1. The number of aromatic nitrogens is 2. The third-order valence-electron chi connectivity index (χ3n) is 5.70. The second-order valence-corrected chi connectivity index (χ2v) is 8.79. The Kier molecular flexibility index (Phi) is 4.12. The van der Waals surface area contributed by atoms with Gasteiger partial charge >= 0.3 is 5.97 Å². The Morgan fingerprint density at radius 2 is 1.89 bits per heavy atom. The van der Waals surface area contributed by atoms with Gasteiger partial charge in [0.1, 0.15) is 10.7 Å². The van der Waals surface area contributed by atoms with E-state index in [0.717, 1.165) is 21.9 Å². The minimum Gasteiger partial charge on any atom is -0.477 e. The first-order valence-electron chi connectivity index (χ1n) is 9.16. The van der Waals surface area contributed by atoms with Crippen LogP contribution in [0.5, 0.6) is 0 Å². The molecule has 0 spiro atoms. The van der Waals surface area contributed by atoms with Crippen LogP contribution in [0.25, 0.3) is 22.2 Å². The number of carboxylic acids is 1. The molecular formula is C22H21ClN2O3. The Morgan fingerprint density at radius 1 is 1.25 bits per heavy atom. The van der Waals surface area contributed by atoms with E-state index in [1.54, 1.807) is 7.05 Å². The van der Waals surface area contributed by atoms with Gasteiger partial charge in [-0.25, -0.2) is 9.78 Å². The number of pyridine rings is 2. The molecule has 4 rings (SSSR count). The first-order valence-corrected chi connectivity index (χ1v) is 9.53. The molecule has 2 aromatic heterocycles. The summed E-state index contributed by atoms with van der Waals surface area (Å²) in [6.07, 6.45) is 0.702. The highest BCUT2D eigenvalue weighted by molar-refractivity contribution is 6.34. The third kappa shape index (κ3) is 2.65. The molecule has 0 fully saturated rings. The molecule has 1 aromatic carbocycles. The van der Waals surface area contributed by atoms with Crippen molar-refractivity contribution in [1.29, 1.82) is 0 Å². The number of carbonyl (C=O) groups is 1. The van der Waals surface area contributed by atoms with Crippen molar-refractivity contribution in [2.45, 2.75) is 33.1 Å². The van der Waals surface area contributed by atoms with Crippen LogP contribution in [0.1, 0.15) is 48.2 Å². The largest absolute Gasteiger partial charge is 0.477 e. The van der Waals surface area contributed by atoms with Gasteiger partial charge in [-0.05, 0) is 40.3 Å². The van der Waals surface area contributed by atoms with Gasteiger partial charge in [-0.3, -0.25) is 4.79 Å². The summed E-state index contributed by atoms with van der Waals surface area (Å²) in [5.74, 6) is -1.18. The zero-order valence-corrected chi connectivity index (χ0v) is 17.0. The molecule has 0 saturated carbocycles. The van der Waals surface area contributed by atoms with E-state index in [2.05, 4.69) is 25.8 Å². The number of benzene rings is 1. The number of fused-ring (bicyclic) bond motifs is 5. The fourth-order valence-electron chi connectivity index (χ4n) is 4.24. The van der Waals surface area contributed by atoms with Gasteiger partial charge in [0.25, 0.3) is 5.56 Å². The van der Waals surface area contributed by atoms with Gasteiger partial charge in [0, 0.05) is 12.4 Å². The molecule has 1 N–H and O–H groups in total. The molecule has 144 valence electrons. The Labute approximate surface area is 167 Å². The molecule has 2 heterocycles. The van der Waals surface area contributed by atoms with Gasteiger partial charge in [-0.2, -0.15) is 0 Å². The molecule has 0 aliphatic heterocycles. The fraction of sp³-hybridized carbons (Fsp3) is 0.318. The van der Waals surface area contributed by atoms with Gasteiger partial charge < -0.3 is 9.67 Å². The number of halogens is 1. The zero-order valence-electron chi connectivity index (χ0n) is 16.2. The summed E-state index contributed by atoms with van der Waals surface area (Å²) < 4.78 is 1.41. The average molecular weight is 397 g/mol. The van der Waals surface area contributed by atoms with Crippen LogP contribution in [0.15, 0.2) is 35.1 Å². The third-order valence-corrected chi connectivity index (χ3v) is 5.99. The molecule has 1 aliphatic rings. The van der Waals surface area contributed by atoms with Crippen LogP contribution >= 0.6 is 11.6 Å².